The molecule has 4 nitrogen and oxygen atoms in total. The Hall–Kier alpha value is -1.73. The van der Waals surface area contributed by atoms with Crippen molar-refractivity contribution in [2.45, 2.75) is 19.8 Å². The Bertz CT molecular complexity index is 399. The Morgan fingerprint density at radius 2 is 2.29 bits per heavy atom. The molecule has 0 spiro atoms. The van der Waals surface area contributed by atoms with Gasteiger partial charge >= 0.3 is 0 Å². The number of aromatic hydroxyl groups is 1. The monoisotopic (exact) mass is 234 g/mol. The minimum absolute atomic E-state index is 0.0674. The molecule has 0 aliphatic carbocycles. The summed E-state index contributed by atoms with van der Waals surface area (Å²) in [5.74, 6) is 0.873. The minimum atomic E-state index is 0.0674. The van der Waals surface area contributed by atoms with Gasteiger partial charge in [-0.05, 0) is 25.1 Å². The van der Waals surface area contributed by atoms with Gasteiger partial charge in [0.05, 0.1) is 12.2 Å². The van der Waals surface area contributed by atoms with Gasteiger partial charge < -0.3 is 15.6 Å². The second kappa shape index (κ2) is 6.77. The van der Waals surface area contributed by atoms with Crippen molar-refractivity contribution < 1.29 is 9.84 Å². The van der Waals surface area contributed by atoms with Gasteiger partial charge in [-0.15, -0.1) is 0 Å². The summed E-state index contributed by atoms with van der Waals surface area (Å²) in [6.45, 7) is 3.18. The third-order valence-electron chi connectivity index (χ3n) is 2.59. The van der Waals surface area contributed by atoms with Crippen molar-refractivity contribution in [3.05, 3.63) is 23.8 Å². The van der Waals surface area contributed by atoms with E-state index in [0.29, 0.717) is 30.4 Å². The Balaban J connectivity index is 2.65. The second-order valence-electron chi connectivity index (χ2n) is 3.99. The molecule has 1 aromatic carbocycles. The van der Waals surface area contributed by atoms with Crippen LogP contribution in [-0.2, 0) is 0 Å². The van der Waals surface area contributed by atoms with Gasteiger partial charge in [0, 0.05) is 12.0 Å². The van der Waals surface area contributed by atoms with E-state index in [1.165, 1.54) is 12.1 Å². The maximum Gasteiger partial charge on any atom is 0.137 e. The molecule has 0 fully saturated rings. The molecule has 0 saturated carbocycles. The van der Waals surface area contributed by atoms with Crippen LogP contribution >= 0.6 is 0 Å². The van der Waals surface area contributed by atoms with E-state index < -0.39 is 0 Å². The van der Waals surface area contributed by atoms with Gasteiger partial charge in [-0.25, -0.2) is 0 Å². The molecule has 0 bridgehead atoms. The summed E-state index contributed by atoms with van der Waals surface area (Å²) in [5, 5.41) is 18.2. The molecular weight excluding hydrogens is 216 g/mol. The van der Waals surface area contributed by atoms with Gasteiger partial charge in [0.2, 0.25) is 0 Å². The lowest BCUT2D eigenvalue weighted by atomic mass is 10.1. The molecule has 1 rings (SSSR count). The van der Waals surface area contributed by atoms with Crippen molar-refractivity contribution in [1.29, 1.82) is 5.26 Å². The van der Waals surface area contributed by atoms with Gasteiger partial charge in [-0.2, -0.15) is 5.26 Å². The highest BCUT2D eigenvalue weighted by Crippen LogP contribution is 2.23. The van der Waals surface area contributed by atoms with Crippen molar-refractivity contribution in [1.82, 2.24) is 0 Å². The maximum absolute atomic E-state index is 9.25. The van der Waals surface area contributed by atoms with E-state index >= 15 is 0 Å². The van der Waals surface area contributed by atoms with E-state index in [0.717, 1.165) is 12.8 Å². The van der Waals surface area contributed by atoms with E-state index in [9.17, 15) is 5.11 Å². The van der Waals surface area contributed by atoms with E-state index in [1.54, 1.807) is 6.07 Å². The third-order valence-corrected chi connectivity index (χ3v) is 2.59. The minimum Gasteiger partial charge on any atom is -0.508 e. The first-order chi connectivity index (χ1) is 8.21. The van der Waals surface area contributed by atoms with Crippen LogP contribution < -0.4 is 10.5 Å². The molecule has 0 saturated heterocycles. The van der Waals surface area contributed by atoms with Crippen molar-refractivity contribution in [2.75, 3.05) is 13.2 Å². The lowest BCUT2D eigenvalue weighted by Crippen LogP contribution is -2.21. The number of hydrogen-bond donors (Lipinski definition) is 2. The van der Waals surface area contributed by atoms with Crippen molar-refractivity contribution >= 4 is 0 Å². The average Bonchev–Trinajstić information content (AvgIpc) is 2.35. The van der Waals surface area contributed by atoms with Gasteiger partial charge in [-0.3, -0.25) is 0 Å². The number of phenolic OH excluding ortho intramolecular Hbond substituents is 1. The number of hydrogen-bond acceptors (Lipinski definition) is 4. The van der Waals surface area contributed by atoms with Crippen LogP contribution in [-0.4, -0.2) is 18.3 Å². The Kier molecular flexibility index (Phi) is 5.31. The SMILES string of the molecule is CCCC(CN)COc1ccc(O)cc1C#N. The lowest BCUT2D eigenvalue weighted by molar-refractivity contribution is 0.243. The maximum atomic E-state index is 9.25. The zero-order chi connectivity index (χ0) is 12.7. The predicted octanol–water partition coefficient (Wildman–Crippen LogP) is 2.02. The fraction of sp³-hybridized carbons (Fsp3) is 0.462. The molecule has 0 aliphatic heterocycles. The summed E-state index contributed by atoms with van der Waals surface area (Å²) in [6, 6.07) is 6.50. The van der Waals surface area contributed by atoms with Crippen LogP contribution in [0.5, 0.6) is 11.5 Å². The fourth-order valence-corrected chi connectivity index (χ4v) is 1.62. The van der Waals surface area contributed by atoms with Crippen molar-refractivity contribution in [2.24, 2.45) is 11.7 Å². The van der Waals surface area contributed by atoms with Gasteiger partial charge in [0.1, 0.15) is 17.6 Å². The van der Waals surface area contributed by atoms with Gasteiger partial charge in [0.15, 0.2) is 0 Å². The van der Waals surface area contributed by atoms with E-state index in [4.69, 9.17) is 15.7 Å². The molecule has 4 heteroatoms. The molecule has 0 aromatic heterocycles. The molecule has 1 atom stereocenters. The van der Waals surface area contributed by atoms with Crippen LogP contribution in [0.25, 0.3) is 0 Å². The Labute approximate surface area is 102 Å². The standard InChI is InChI=1S/C13H18N2O2/c1-2-3-10(7-14)9-17-13-5-4-12(16)6-11(13)8-15/h4-6,10,16H,2-3,7,9,14H2,1H3. The van der Waals surface area contributed by atoms with Gasteiger partial charge in [0.25, 0.3) is 0 Å². The molecule has 1 aromatic rings. The number of ether oxygens (including phenoxy) is 1. The molecule has 0 radical (unpaired) electrons. The number of benzene rings is 1. The number of nitrogens with zero attached hydrogens (tertiary/aromatic N) is 1. The van der Waals surface area contributed by atoms with Crippen LogP contribution in [0.2, 0.25) is 0 Å². The highest BCUT2D eigenvalue weighted by Gasteiger charge is 2.09. The van der Waals surface area contributed by atoms with Crippen molar-refractivity contribution in [3.63, 3.8) is 0 Å². The van der Waals surface area contributed by atoms with Crippen LogP contribution in [0.4, 0.5) is 0 Å². The summed E-state index contributed by atoms with van der Waals surface area (Å²) < 4.78 is 5.57. The highest BCUT2D eigenvalue weighted by atomic mass is 16.5. The van der Waals surface area contributed by atoms with E-state index in [-0.39, 0.29) is 5.75 Å². The molecule has 0 heterocycles. The molecule has 92 valence electrons. The zero-order valence-electron chi connectivity index (χ0n) is 10.0. The first-order valence-corrected chi connectivity index (χ1v) is 5.77. The summed E-state index contributed by atoms with van der Waals surface area (Å²) in [5.41, 5.74) is 5.98. The van der Waals surface area contributed by atoms with E-state index in [2.05, 4.69) is 6.92 Å². The molecule has 17 heavy (non-hydrogen) atoms. The summed E-state index contributed by atoms with van der Waals surface area (Å²) in [6.07, 6.45) is 2.07. The number of phenols is 1. The summed E-state index contributed by atoms with van der Waals surface area (Å²) in [7, 11) is 0. The van der Waals surface area contributed by atoms with Crippen LogP contribution in [0.15, 0.2) is 18.2 Å². The van der Waals surface area contributed by atoms with Crippen LogP contribution in [0.1, 0.15) is 25.3 Å². The summed E-state index contributed by atoms with van der Waals surface area (Å²) in [4.78, 5) is 0. The molecule has 0 aliphatic rings. The topological polar surface area (TPSA) is 79.3 Å². The zero-order valence-corrected chi connectivity index (χ0v) is 10.0. The fourth-order valence-electron chi connectivity index (χ4n) is 1.62. The Morgan fingerprint density at radius 1 is 1.53 bits per heavy atom. The van der Waals surface area contributed by atoms with Crippen LogP contribution in [0, 0.1) is 17.2 Å². The molecular formula is C13H18N2O2. The number of rotatable bonds is 6. The van der Waals surface area contributed by atoms with Crippen molar-refractivity contribution in [3.8, 4) is 17.6 Å². The normalized spacial score (nSPS) is 11.8. The average molecular weight is 234 g/mol. The largest absolute Gasteiger partial charge is 0.508 e. The van der Waals surface area contributed by atoms with Gasteiger partial charge in [-0.1, -0.05) is 13.3 Å². The Morgan fingerprint density at radius 3 is 2.88 bits per heavy atom. The number of nitrogens with two attached hydrogens (primary N) is 1. The summed E-state index contributed by atoms with van der Waals surface area (Å²) >= 11 is 0. The predicted molar refractivity (Wildman–Crippen MR) is 65.8 cm³/mol. The third kappa shape index (κ3) is 3.97. The smallest absolute Gasteiger partial charge is 0.137 e. The molecule has 1 unspecified atom stereocenters. The molecule has 3 N–H and O–H groups in total. The number of nitriles is 1. The lowest BCUT2D eigenvalue weighted by Gasteiger charge is -2.15. The molecule has 0 amide bonds. The quantitative estimate of drug-likeness (QED) is 0.789. The first-order valence-electron chi connectivity index (χ1n) is 5.77. The first kappa shape index (κ1) is 13.3. The highest BCUT2D eigenvalue weighted by molar-refractivity contribution is 5.47. The second-order valence-corrected chi connectivity index (χ2v) is 3.99. The van der Waals surface area contributed by atoms with E-state index in [1.807, 2.05) is 6.07 Å². The van der Waals surface area contributed by atoms with Crippen LogP contribution in [0.3, 0.4) is 0 Å².